The van der Waals surface area contributed by atoms with E-state index in [9.17, 15) is 4.79 Å². The zero-order chi connectivity index (χ0) is 15.1. The van der Waals surface area contributed by atoms with Crippen molar-refractivity contribution in [1.29, 1.82) is 0 Å². The van der Waals surface area contributed by atoms with Crippen molar-refractivity contribution in [3.63, 3.8) is 0 Å². The number of halogens is 1. The highest BCUT2D eigenvalue weighted by Crippen LogP contribution is 2.15. The number of para-hydroxylation sites is 1. The molecule has 1 amide bonds. The van der Waals surface area contributed by atoms with E-state index in [2.05, 4.69) is 31.8 Å². The monoisotopic (exact) mass is 347 g/mol. The predicted octanol–water partition coefficient (Wildman–Crippen LogP) is 3.45. The summed E-state index contributed by atoms with van der Waals surface area (Å²) in [5, 5.41) is 6.70. The van der Waals surface area contributed by atoms with Crippen LogP contribution in [0.3, 0.4) is 0 Å². The SMILES string of the molecule is COc1ccc(N/N=C(/Br)C(=O)Nc2ccccc2)cc1. The van der Waals surface area contributed by atoms with E-state index in [4.69, 9.17) is 4.74 Å². The first-order valence-corrected chi connectivity index (χ1v) is 6.98. The lowest BCUT2D eigenvalue weighted by Gasteiger charge is -2.05. The first kappa shape index (κ1) is 15.1. The Bertz CT molecular complexity index is 627. The van der Waals surface area contributed by atoms with Gasteiger partial charge in [-0.2, -0.15) is 5.10 Å². The number of rotatable bonds is 5. The Morgan fingerprint density at radius 3 is 2.33 bits per heavy atom. The van der Waals surface area contributed by atoms with Gasteiger partial charge in [-0.05, 0) is 52.3 Å². The molecule has 0 heterocycles. The maximum Gasteiger partial charge on any atom is 0.283 e. The molecule has 2 aromatic rings. The molecule has 2 N–H and O–H groups in total. The number of nitrogens with zero attached hydrogens (tertiary/aromatic N) is 1. The third-order valence-electron chi connectivity index (χ3n) is 2.59. The van der Waals surface area contributed by atoms with Gasteiger partial charge in [0.1, 0.15) is 5.75 Å². The Balaban J connectivity index is 1.95. The van der Waals surface area contributed by atoms with Crippen LogP contribution in [0.15, 0.2) is 59.7 Å². The molecular formula is C15H14BrN3O2. The fraction of sp³-hybridized carbons (Fsp3) is 0.0667. The number of hydrazone groups is 1. The molecule has 2 rings (SSSR count). The summed E-state index contributed by atoms with van der Waals surface area (Å²) in [4.78, 5) is 11.9. The van der Waals surface area contributed by atoms with Gasteiger partial charge in [0.25, 0.3) is 5.91 Å². The van der Waals surface area contributed by atoms with Crippen molar-refractivity contribution in [2.75, 3.05) is 17.9 Å². The van der Waals surface area contributed by atoms with Crippen molar-refractivity contribution in [3.8, 4) is 5.75 Å². The van der Waals surface area contributed by atoms with Crippen LogP contribution in [0.1, 0.15) is 0 Å². The Labute approximate surface area is 131 Å². The lowest BCUT2D eigenvalue weighted by atomic mass is 10.3. The van der Waals surface area contributed by atoms with Gasteiger partial charge < -0.3 is 10.1 Å². The van der Waals surface area contributed by atoms with Gasteiger partial charge in [0.2, 0.25) is 0 Å². The quantitative estimate of drug-likeness (QED) is 0.643. The lowest BCUT2D eigenvalue weighted by molar-refractivity contribution is -0.110. The van der Waals surface area contributed by atoms with E-state index >= 15 is 0 Å². The highest BCUT2D eigenvalue weighted by atomic mass is 79.9. The molecule has 6 heteroatoms. The molecule has 0 unspecified atom stereocenters. The number of amides is 1. The van der Waals surface area contributed by atoms with Crippen LogP contribution >= 0.6 is 15.9 Å². The third-order valence-corrected chi connectivity index (χ3v) is 3.13. The number of benzene rings is 2. The van der Waals surface area contributed by atoms with E-state index in [-0.39, 0.29) is 10.5 Å². The molecular weight excluding hydrogens is 334 g/mol. The molecule has 0 radical (unpaired) electrons. The normalized spacial score (nSPS) is 10.9. The molecule has 108 valence electrons. The minimum Gasteiger partial charge on any atom is -0.497 e. The van der Waals surface area contributed by atoms with Gasteiger partial charge in [-0.1, -0.05) is 18.2 Å². The molecule has 0 spiro atoms. The van der Waals surface area contributed by atoms with Crippen LogP contribution in [-0.2, 0) is 4.79 Å². The summed E-state index contributed by atoms with van der Waals surface area (Å²) >= 11 is 3.14. The minimum atomic E-state index is -0.331. The lowest BCUT2D eigenvalue weighted by Crippen LogP contribution is -2.19. The number of methoxy groups -OCH3 is 1. The van der Waals surface area contributed by atoms with Crippen LogP contribution in [0.2, 0.25) is 0 Å². The van der Waals surface area contributed by atoms with E-state index in [0.29, 0.717) is 5.69 Å². The molecule has 0 saturated carbocycles. The smallest absolute Gasteiger partial charge is 0.283 e. The summed E-state index contributed by atoms with van der Waals surface area (Å²) in [6.45, 7) is 0. The van der Waals surface area contributed by atoms with Crippen LogP contribution in [-0.4, -0.2) is 17.6 Å². The molecule has 0 aliphatic rings. The van der Waals surface area contributed by atoms with E-state index in [1.165, 1.54) is 0 Å². The number of nitrogens with one attached hydrogen (secondary N) is 2. The van der Waals surface area contributed by atoms with Gasteiger partial charge in [0, 0.05) is 5.69 Å². The second-order valence-electron chi connectivity index (χ2n) is 4.06. The van der Waals surface area contributed by atoms with E-state index in [1.54, 1.807) is 43.5 Å². The Kier molecular flexibility index (Phi) is 5.34. The average molecular weight is 348 g/mol. The summed E-state index contributed by atoms with van der Waals surface area (Å²) in [6.07, 6.45) is 0. The van der Waals surface area contributed by atoms with Crippen LogP contribution < -0.4 is 15.5 Å². The maximum absolute atomic E-state index is 11.9. The van der Waals surface area contributed by atoms with Gasteiger partial charge in [-0.3, -0.25) is 10.2 Å². The van der Waals surface area contributed by atoms with Gasteiger partial charge >= 0.3 is 0 Å². The molecule has 0 aliphatic heterocycles. The first-order valence-electron chi connectivity index (χ1n) is 6.18. The Morgan fingerprint density at radius 2 is 1.71 bits per heavy atom. The van der Waals surface area contributed by atoms with E-state index < -0.39 is 0 Å². The first-order chi connectivity index (χ1) is 10.2. The Hall–Kier alpha value is -2.34. The number of anilines is 2. The van der Waals surface area contributed by atoms with Crippen LogP contribution in [0.5, 0.6) is 5.75 Å². The van der Waals surface area contributed by atoms with Gasteiger partial charge in [-0.25, -0.2) is 0 Å². The predicted molar refractivity (Wildman–Crippen MR) is 88.1 cm³/mol. The molecule has 21 heavy (non-hydrogen) atoms. The molecule has 5 nitrogen and oxygen atoms in total. The topological polar surface area (TPSA) is 62.7 Å². The number of ether oxygens (including phenoxy) is 1. The Morgan fingerprint density at radius 1 is 1.05 bits per heavy atom. The molecule has 0 saturated heterocycles. The van der Waals surface area contributed by atoms with Crippen LogP contribution in [0.25, 0.3) is 0 Å². The van der Waals surface area contributed by atoms with Gasteiger partial charge in [0.15, 0.2) is 4.62 Å². The molecule has 0 aromatic heterocycles. The summed E-state index contributed by atoms with van der Waals surface area (Å²) in [5.41, 5.74) is 4.24. The van der Waals surface area contributed by atoms with Crippen molar-refractivity contribution in [2.24, 2.45) is 5.10 Å². The molecule has 0 fully saturated rings. The zero-order valence-corrected chi connectivity index (χ0v) is 12.9. The minimum absolute atomic E-state index is 0.155. The number of carbonyl (C=O) groups is 1. The van der Waals surface area contributed by atoms with Crippen molar-refractivity contribution < 1.29 is 9.53 Å². The fourth-order valence-corrected chi connectivity index (χ4v) is 1.72. The summed E-state index contributed by atoms with van der Waals surface area (Å²) < 4.78 is 5.22. The van der Waals surface area contributed by atoms with Gasteiger partial charge in [0.05, 0.1) is 12.8 Å². The van der Waals surface area contributed by atoms with Gasteiger partial charge in [-0.15, -0.1) is 0 Å². The second kappa shape index (κ2) is 7.44. The molecule has 0 bridgehead atoms. The highest BCUT2D eigenvalue weighted by Gasteiger charge is 2.08. The van der Waals surface area contributed by atoms with Crippen molar-refractivity contribution >= 4 is 37.8 Å². The largest absolute Gasteiger partial charge is 0.497 e. The number of hydrogen-bond donors (Lipinski definition) is 2. The maximum atomic E-state index is 11.9. The highest BCUT2D eigenvalue weighted by molar-refractivity contribution is 9.19. The summed E-state index contributed by atoms with van der Waals surface area (Å²) in [5.74, 6) is 0.424. The van der Waals surface area contributed by atoms with Crippen LogP contribution in [0, 0.1) is 0 Å². The second-order valence-corrected chi connectivity index (χ2v) is 4.81. The van der Waals surface area contributed by atoms with Crippen molar-refractivity contribution in [3.05, 3.63) is 54.6 Å². The zero-order valence-electron chi connectivity index (χ0n) is 11.3. The number of hydrogen-bond acceptors (Lipinski definition) is 4. The molecule has 0 aliphatic carbocycles. The van der Waals surface area contributed by atoms with Crippen molar-refractivity contribution in [2.45, 2.75) is 0 Å². The number of carbonyl (C=O) groups excluding carboxylic acids is 1. The standard InChI is InChI=1S/C15H14BrN3O2/c1-21-13-9-7-12(8-10-13)18-19-14(16)15(20)17-11-5-3-2-4-6-11/h2-10,18H,1H3,(H,17,20)/b19-14+. The van der Waals surface area contributed by atoms with Crippen molar-refractivity contribution in [1.82, 2.24) is 0 Å². The van der Waals surface area contributed by atoms with E-state index in [1.807, 2.05) is 18.2 Å². The average Bonchev–Trinajstić information content (AvgIpc) is 2.54. The summed E-state index contributed by atoms with van der Waals surface area (Å²) in [6, 6.07) is 16.4. The van der Waals surface area contributed by atoms with E-state index in [0.717, 1.165) is 11.4 Å². The fourth-order valence-electron chi connectivity index (χ4n) is 1.53. The summed E-state index contributed by atoms with van der Waals surface area (Å²) in [7, 11) is 1.60. The molecule has 0 atom stereocenters. The van der Waals surface area contributed by atoms with Crippen LogP contribution in [0.4, 0.5) is 11.4 Å². The molecule has 2 aromatic carbocycles. The third kappa shape index (κ3) is 4.61.